The summed E-state index contributed by atoms with van der Waals surface area (Å²) in [4.78, 5) is 0. The van der Waals surface area contributed by atoms with Crippen LogP contribution in [0.25, 0.3) is 0 Å². The fourth-order valence-electron chi connectivity index (χ4n) is 3.38. The van der Waals surface area contributed by atoms with Gasteiger partial charge in [0.25, 0.3) is 0 Å². The van der Waals surface area contributed by atoms with E-state index >= 15 is 0 Å². The molecule has 0 aliphatic carbocycles. The van der Waals surface area contributed by atoms with Crippen molar-refractivity contribution in [3.63, 3.8) is 0 Å². The molecule has 158 valence electrons. The second-order valence-electron chi connectivity index (χ2n) is 7.12. The Kier molecular flexibility index (Phi) is 8.61. The molecule has 0 spiro atoms. The fraction of sp³-hybridized carbons (Fsp3) is 0.280. The molecule has 0 saturated heterocycles. The normalized spacial score (nSPS) is 11.9. The lowest BCUT2D eigenvalue weighted by Gasteiger charge is -2.20. The highest BCUT2D eigenvalue weighted by molar-refractivity contribution is 9.10. The number of methoxy groups -OCH3 is 1. The molecule has 0 saturated carbocycles. The first-order chi connectivity index (χ1) is 14.6. The van der Waals surface area contributed by atoms with E-state index in [1.807, 2.05) is 30.3 Å². The third-order valence-electron chi connectivity index (χ3n) is 4.95. The van der Waals surface area contributed by atoms with Gasteiger partial charge in [0.2, 0.25) is 0 Å². The Hall–Kier alpha value is -2.01. The van der Waals surface area contributed by atoms with Gasteiger partial charge in [-0.1, -0.05) is 73.5 Å². The standard InChI is InChI=1S/C25H27BrClNO2/c1-3-9-23(19-10-5-4-6-11-19)28-16-18-14-21(26)25(24(15-18)29-2)30-17-20-12-7-8-13-22(20)27/h4-8,10-15,23,28H,3,9,16-17H2,1-2H3. The summed E-state index contributed by atoms with van der Waals surface area (Å²) in [5.74, 6) is 1.37. The lowest BCUT2D eigenvalue weighted by Crippen LogP contribution is -2.20. The maximum Gasteiger partial charge on any atom is 0.175 e. The molecule has 5 heteroatoms. The number of hydrogen-bond acceptors (Lipinski definition) is 3. The molecule has 0 radical (unpaired) electrons. The first kappa shape index (κ1) is 22.7. The van der Waals surface area contributed by atoms with Crippen molar-refractivity contribution in [1.82, 2.24) is 5.32 Å². The van der Waals surface area contributed by atoms with Crippen molar-refractivity contribution < 1.29 is 9.47 Å². The Morgan fingerprint density at radius 3 is 2.47 bits per heavy atom. The second-order valence-corrected chi connectivity index (χ2v) is 8.38. The van der Waals surface area contributed by atoms with Crippen molar-refractivity contribution in [2.24, 2.45) is 0 Å². The molecule has 0 amide bonds. The van der Waals surface area contributed by atoms with Crippen LogP contribution in [-0.4, -0.2) is 7.11 Å². The number of halogens is 2. The van der Waals surface area contributed by atoms with Crippen LogP contribution in [0.1, 0.15) is 42.5 Å². The summed E-state index contributed by atoms with van der Waals surface area (Å²) in [5.41, 5.74) is 3.37. The maximum absolute atomic E-state index is 6.24. The summed E-state index contributed by atoms with van der Waals surface area (Å²) in [5, 5.41) is 4.37. The van der Waals surface area contributed by atoms with Crippen LogP contribution in [0.2, 0.25) is 5.02 Å². The minimum Gasteiger partial charge on any atom is -0.493 e. The van der Waals surface area contributed by atoms with E-state index in [4.69, 9.17) is 21.1 Å². The van der Waals surface area contributed by atoms with Crippen LogP contribution in [0.3, 0.4) is 0 Å². The molecule has 0 heterocycles. The number of rotatable bonds is 10. The zero-order valence-corrected chi connectivity index (χ0v) is 19.7. The second kappa shape index (κ2) is 11.4. The van der Waals surface area contributed by atoms with E-state index in [0.29, 0.717) is 29.2 Å². The summed E-state index contributed by atoms with van der Waals surface area (Å²) >= 11 is 9.89. The van der Waals surface area contributed by atoms with E-state index in [9.17, 15) is 0 Å². The van der Waals surface area contributed by atoms with Crippen molar-refractivity contribution in [2.75, 3.05) is 7.11 Å². The van der Waals surface area contributed by atoms with Crippen molar-refractivity contribution in [3.8, 4) is 11.5 Å². The third-order valence-corrected chi connectivity index (χ3v) is 5.91. The smallest absolute Gasteiger partial charge is 0.175 e. The van der Waals surface area contributed by atoms with Crippen LogP contribution in [-0.2, 0) is 13.2 Å². The highest BCUT2D eigenvalue weighted by atomic mass is 79.9. The molecule has 3 nitrogen and oxygen atoms in total. The number of nitrogens with one attached hydrogen (secondary N) is 1. The Balaban J connectivity index is 1.72. The zero-order valence-electron chi connectivity index (χ0n) is 17.3. The molecule has 0 bridgehead atoms. The molecule has 1 unspecified atom stereocenters. The summed E-state index contributed by atoms with van der Waals surface area (Å²) in [6, 6.07) is 22.7. The monoisotopic (exact) mass is 487 g/mol. The van der Waals surface area contributed by atoms with E-state index in [-0.39, 0.29) is 0 Å². The van der Waals surface area contributed by atoms with Crippen molar-refractivity contribution in [1.29, 1.82) is 0 Å². The quantitative estimate of drug-likeness (QED) is 0.324. The van der Waals surface area contributed by atoms with Gasteiger partial charge in [-0.15, -0.1) is 0 Å². The van der Waals surface area contributed by atoms with Crippen LogP contribution in [0.15, 0.2) is 71.2 Å². The first-order valence-electron chi connectivity index (χ1n) is 10.1. The summed E-state index contributed by atoms with van der Waals surface area (Å²) in [6.07, 6.45) is 2.20. The van der Waals surface area contributed by atoms with Gasteiger partial charge in [-0.2, -0.15) is 0 Å². The molecule has 1 atom stereocenters. The average molecular weight is 489 g/mol. The van der Waals surface area contributed by atoms with Gasteiger partial charge in [-0.25, -0.2) is 0 Å². The van der Waals surface area contributed by atoms with Gasteiger partial charge < -0.3 is 14.8 Å². The molecule has 0 aliphatic rings. The van der Waals surface area contributed by atoms with Crippen LogP contribution in [0.5, 0.6) is 11.5 Å². The van der Waals surface area contributed by atoms with Crippen molar-refractivity contribution in [2.45, 2.75) is 39.0 Å². The van der Waals surface area contributed by atoms with Gasteiger partial charge >= 0.3 is 0 Å². The van der Waals surface area contributed by atoms with Gasteiger partial charge in [-0.05, 0) is 51.7 Å². The van der Waals surface area contributed by atoms with E-state index < -0.39 is 0 Å². The van der Waals surface area contributed by atoms with Crippen LogP contribution < -0.4 is 14.8 Å². The summed E-state index contributed by atoms with van der Waals surface area (Å²) < 4.78 is 12.5. The summed E-state index contributed by atoms with van der Waals surface area (Å²) in [7, 11) is 1.66. The maximum atomic E-state index is 6.24. The lowest BCUT2D eigenvalue weighted by molar-refractivity contribution is 0.282. The average Bonchev–Trinajstić information content (AvgIpc) is 2.77. The Morgan fingerprint density at radius 2 is 1.77 bits per heavy atom. The molecule has 3 aromatic carbocycles. The van der Waals surface area contributed by atoms with Gasteiger partial charge in [-0.3, -0.25) is 0 Å². The van der Waals surface area contributed by atoms with Crippen molar-refractivity contribution >= 4 is 27.5 Å². The number of ether oxygens (including phenoxy) is 2. The van der Waals surface area contributed by atoms with Gasteiger partial charge in [0.1, 0.15) is 6.61 Å². The van der Waals surface area contributed by atoms with E-state index in [0.717, 1.165) is 35.0 Å². The molecular formula is C25H27BrClNO2. The largest absolute Gasteiger partial charge is 0.493 e. The molecule has 0 fully saturated rings. The third kappa shape index (κ3) is 6.00. The number of benzene rings is 3. The molecule has 3 rings (SSSR count). The van der Waals surface area contributed by atoms with Gasteiger partial charge in [0, 0.05) is 23.2 Å². The predicted molar refractivity (Wildman–Crippen MR) is 127 cm³/mol. The Morgan fingerprint density at radius 1 is 1.03 bits per heavy atom. The zero-order chi connectivity index (χ0) is 21.3. The Labute approximate surface area is 192 Å². The van der Waals surface area contributed by atoms with E-state index in [2.05, 4.69) is 64.6 Å². The lowest BCUT2D eigenvalue weighted by atomic mass is 10.0. The predicted octanol–water partition coefficient (Wildman–Crippen LogP) is 7.32. The van der Waals surface area contributed by atoms with Crippen LogP contribution >= 0.6 is 27.5 Å². The highest BCUT2D eigenvalue weighted by Crippen LogP contribution is 2.37. The highest BCUT2D eigenvalue weighted by Gasteiger charge is 2.15. The molecule has 0 aliphatic heterocycles. The SMILES string of the molecule is CCCC(NCc1cc(Br)c(OCc2ccccc2Cl)c(OC)c1)c1ccccc1. The first-order valence-corrected chi connectivity index (χ1v) is 11.3. The fourth-order valence-corrected chi connectivity index (χ4v) is 4.18. The van der Waals surface area contributed by atoms with Crippen LogP contribution in [0.4, 0.5) is 0 Å². The number of hydrogen-bond donors (Lipinski definition) is 1. The van der Waals surface area contributed by atoms with Crippen LogP contribution in [0, 0.1) is 0 Å². The minimum absolute atomic E-state index is 0.317. The molecule has 3 aromatic rings. The summed E-state index contributed by atoms with van der Waals surface area (Å²) in [6.45, 7) is 3.32. The Bertz CT molecular complexity index is 949. The molecule has 30 heavy (non-hydrogen) atoms. The van der Waals surface area contributed by atoms with Gasteiger partial charge in [0.15, 0.2) is 11.5 Å². The topological polar surface area (TPSA) is 30.5 Å². The van der Waals surface area contributed by atoms with E-state index in [1.54, 1.807) is 7.11 Å². The molecule has 1 N–H and O–H groups in total. The minimum atomic E-state index is 0.317. The molecular weight excluding hydrogens is 462 g/mol. The van der Waals surface area contributed by atoms with E-state index in [1.165, 1.54) is 5.56 Å². The molecule has 0 aromatic heterocycles. The van der Waals surface area contributed by atoms with Gasteiger partial charge in [0.05, 0.1) is 11.6 Å². The van der Waals surface area contributed by atoms with Crippen molar-refractivity contribution in [3.05, 3.63) is 92.9 Å².